The van der Waals surface area contributed by atoms with Gasteiger partial charge in [0, 0.05) is 6.54 Å². The third-order valence-electron chi connectivity index (χ3n) is 1.36. The van der Waals surface area contributed by atoms with Crippen LogP contribution in [0.1, 0.15) is 12.8 Å². The summed E-state index contributed by atoms with van der Waals surface area (Å²) in [6.07, 6.45) is -3.32. The fourth-order valence-corrected chi connectivity index (χ4v) is 0.890. The standard InChI is InChI=1S/C5H7F3N/c6-5(7,8)4-2-1-3-9-4/h4H,1-3H2. The number of rotatable bonds is 0. The van der Waals surface area contributed by atoms with Gasteiger partial charge in [0.2, 0.25) is 0 Å². The van der Waals surface area contributed by atoms with Crippen molar-refractivity contribution in [3.8, 4) is 0 Å². The van der Waals surface area contributed by atoms with E-state index in [4.69, 9.17) is 0 Å². The van der Waals surface area contributed by atoms with E-state index < -0.39 is 12.2 Å². The zero-order valence-electron chi connectivity index (χ0n) is 4.78. The Balaban J connectivity index is 2.42. The highest BCUT2D eigenvalue weighted by atomic mass is 19.4. The van der Waals surface area contributed by atoms with E-state index in [0.29, 0.717) is 13.0 Å². The lowest BCUT2D eigenvalue weighted by molar-refractivity contribution is -0.152. The van der Waals surface area contributed by atoms with Gasteiger partial charge in [-0.15, -0.1) is 0 Å². The van der Waals surface area contributed by atoms with Gasteiger partial charge < -0.3 is 0 Å². The van der Waals surface area contributed by atoms with Crippen molar-refractivity contribution < 1.29 is 13.2 Å². The molecular weight excluding hydrogens is 131 g/mol. The van der Waals surface area contributed by atoms with Crippen molar-refractivity contribution in [2.45, 2.75) is 25.1 Å². The van der Waals surface area contributed by atoms with Crippen LogP contribution in [-0.2, 0) is 0 Å². The average molecular weight is 138 g/mol. The van der Waals surface area contributed by atoms with Crippen LogP contribution in [0.2, 0.25) is 0 Å². The van der Waals surface area contributed by atoms with E-state index in [1.54, 1.807) is 0 Å². The van der Waals surface area contributed by atoms with Gasteiger partial charge in [-0.1, -0.05) is 0 Å². The Labute approximate surface area is 51.2 Å². The van der Waals surface area contributed by atoms with Crippen LogP contribution in [0.15, 0.2) is 0 Å². The molecule has 1 rings (SSSR count). The molecule has 1 saturated heterocycles. The van der Waals surface area contributed by atoms with Crippen molar-refractivity contribution in [2.75, 3.05) is 6.54 Å². The maximum atomic E-state index is 11.7. The van der Waals surface area contributed by atoms with Crippen LogP contribution in [0.5, 0.6) is 0 Å². The fraction of sp³-hybridized carbons (Fsp3) is 1.00. The van der Waals surface area contributed by atoms with Gasteiger partial charge in [0.1, 0.15) is 6.04 Å². The van der Waals surface area contributed by atoms with Crippen molar-refractivity contribution in [1.82, 2.24) is 5.32 Å². The Bertz CT molecular complexity index is 92.9. The van der Waals surface area contributed by atoms with E-state index >= 15 is 0 Å². The molecule has 0 spiro atoms. The molecule has 0 aromatic carbocycles. The van der Waals surface area contributed by atoms with Gasteiger partial charge in [-0.3, -0.25) is 0 Å². The molecule has 9 heavy (non-hydrogen) atoms. The van der Waals surface area contributed by atoms with Gasteiger partial charge in [0.05, 0.1) is 0 Å². The highest BCUT2D eigenvalue weighted by Gasteiger charge is 2.41. The number of hydrogen-bond donors (Lipinski definition) is 0. The molecule has 1 fully saturated rings. The summed E-state index contributed by atoms with van der Waals surface area (Å²) in [7, 11) is 0. The van der Waals surface area contributed by atoms with Gasteiger partial charge in [-0.05, 0) is 12.8 Å². The highest BCUT2D eigenvalue weighted by molar-refractivity contribution is 4.79. The largest absolute Gasteiger partial charge is 0.405 e. The molecule has 0 N–H and O–H groups in total. The third kappa shape index (κ3) is 1.58. The van der Waals surface area contributed by atoms with E-state index in [1.807, 2.05) is 0 Å². The Morgan fingerprint density at radius 2 is 2.00 bits per heavy atom. The van der Waals surface area contributed by atoms with Crippen LogP contribution < -0.4 is 5.32 Å². The zero-order chi connectivity index (χ0) is 6.91. The number of alkyl halides is 3. The predicted octanol–water partition coefficient (Wildman–Crippen LogP) is 1.32. The first-order chi connectivity index (χ1) is 4.11. The average Bonchev–Trinajstić information content (AvgIpc) is 2.08. The van der Waals surface area contributed by atoms with Gasteiger partial charge in [-0.2, -0.15) is 13.2 Å². The third-order valence-corrected chi connectivity index (χ3v) is 1.36. The predicted molar refractivity (Wildman–Crippen MR) is 26.1 cm³/mol. The van der Waals surface area contributed by atoms with E-state index in [0.717, 1.165) is 0 Å². The normalized spacial score (nSPS) is 29.0. The summed E-state index contributed by atoms with van der Waals surface area (Å²) in [5.74, 6) is 0. The maximum Gasteiger partial charge on any atom is 0.405 e. The van der Waals surface area contributed by atoms with Crippen LogP contribution >= 0.6 is 0 Å². The Morgan fingerprint density at radius 1 is 1.33 bits per heavy atom. The molecule has 1 nitrogen and oxygen atoms in total. The van der Waals surface area contributed by atoms with Gasteiger partial charge in [0.15, 0.2) is 0 Å². The quantitative estimate of drug-likeness (QED) is 0.479. The van der Waals surface area contributed by atoms with Crippen molar-refractivity contribution >= 4 is 0 Å². The minimum Gasteiger partial charge on any atom is -0.229 e. The molecule has 0 aromatic rings. The summed E-state index contributed by atoms with van der Waals surface area (Å²) in [6.45, 7) is 0.379. The number of hydrogen-bond acceptors (Lipinski definition) is 0. The fourth-order valence-electron chi connectivity index (χ4n) is 0.890. The van der Waals surface area contributed by atoms with E-state index in [1.165, 1.54) is 0 Å². The number of halogens is 3. The van der Waals surface area contributed by atoms with E-state index in [-0.39, 0.29) is 6.42 Å². The highest BCUT2D eigenvalue weighted by Crippen LogP contribution is 2.26. The van der Waals surface area contributed by atoms with Crippen molar-refractivity contribution in [2.24, 2.45) is 0 Å². The molecule has 0 amide bonds. The molecule has 0 aliphatic carbocycles. The lowest BCUT2D eigenvalue weighted by Crippen LogP contribution is -2.32. The maximum absolute atomic E-state index is 11.7. The Hall–Kier alpha value is -0.250. The van der Waals surface area contributed by atoms with E-state index in [2.05, 4.69) is 5.32 Å². The first-order valence-electron chi connectivity index (χ1n) is 2.84. The summed E-state index contributed by atoms with van der Waals surface area (Å²) in [5.41, 5.74) is 0. The van der Waals surface area contributed by atoms with Crippen LogP contribution in [0.4, 0.5) is 13.2 Å². The lowest BCUT2D eigenvalue weighted by atomic mass is 10.2. The molecule has 1 aliphatic rings. The van der Waals surface area contributed by atoms with Crippen LogP contribution in [-0.4, -0.2) is 18.8 Å². The second-order valence-corrected chi connectivity index (χ2v) is 2.11. The summed E-state index contributed by atoms with van der Waals surface area (Å²) < 4.78 is 35.0. The molecule has 53 valence electrons. The second-order valence-electron chi connectivity index (χ2n) is 2.11. The smallest absolute Gasteiger partial charge is 0.229 e. The molecular formula is C5H7F3N. The van der Waals surface area contributed by atoms with E-state index in [9.17, 15) is 13.2 Å². The minimum absolute atomic E-state index is 0.184. The molecule has 0 bridgehead atoms. The second kappa shape index (κ2) is 2.17. The van der Waals surface area contributed by atoms with Crippen molar-refractivity contribution in [3.63, 3.8) is 0 Å². The minimum atomic E-state index is -4.09. The Morgan fingerprint density at radius 3 is 2.22 bits per heavy atom. The van der Waals surface area contributed by atoms with Gasteiger partial charge in [0.25, 0.3) is 0 Å². The summed E-state index contributed by atoms with van der Waals surface area (Å²) in [6, 6.07) is -1.36. The molecule has 1 aliphatic heterocycles. The molecule has 1 radical (unpaired) electrons. The van der Waals surface area contributed by atoms with Gasteiger partial charge >= 0.3 is 6.18 Å². The lowest BCUT2D eigenvalue weighted by Gasteiger charge is -2.11. The Kier molecular flexibility index (Phi) is 1.66. The monoisotopic (exact) mass is 138 g/mol. The van der Waals surface area contributed by atoms with Gasteiger partial charge in [-0.25, -0.2) is 5.32 Å². The molecule has 4 heteroatoms. The van der Waals surface area contributed by atoms with Crippen LogP contribution in [0.3, 0.4) is 0 Å². The molecule has 1 heterocycles. The molecule has 1 atom stereocenters. The van der Waals surface area contributed by atoms with Crippen molar-refractivity contribution in [1.29, 1.82) is 0 Å². The number of nitrogens with zero attached hydrogens (tertiary/aromatic N) is 1. The zero-order valence-corrected chi connectivity index (χ0v) is 4.78. The van der Waals surface area contributed by atoms with Crippen molar-refractivity contribution in [3.05, 3.63) is 0 Å². The first kappa shape index (κ1) is 6.86. The first-order valence-corrected chi connectivity index (χ1v) is 2.84. The topological polar surface area (TPSA) is 14.1 Å². The van der Waals surface area contributed by atoms with Crippen LogP contribution in [0.25, 0.3) is 0 Å². The van der Waals surface area contributed by atoms with Crippen LogP contribution in [0, 0.1) is 0 Å². The SMILES string of the molecule is FC(F)(F)C1CCC[N]1. The summed E-state index contributed by atoms with van der Waals surface area (Å²) in [4.78, 5) is 0. The summed E-state index contributed by atoms with van der Waals surface area (Å²) in [5, 5.41) is 3.38. The molecule has 0 saturated carbocycles. The molecule has 0 aromatic heterocycles. The molecule has 1 unspecified atom stereocenters. The summed E-state index contributed by atoms with van der Waals surface area (Å²) >= 11 is 0.